The third kappa shape index (κ3) is 4.67. The molecule has 1 aliphatic rings. The largest absolute Gasteiger partial charge is 0.497 e. The predicted octanol–water partition coefficient (Wildman–Crippen LogP) is 4.63. The van der Waals surface area contributed by atoms with Crippen LogP contribution in [0.25, 0.3) is 11.3 Å². The Kier molecular flexibility index (Phi) is 6.29. The van der Waals surface area contributed by atoms with E-state index >= 15 is 0 Å². The zero-order chi connectivity index (χ0) is 22.9. The van der Waals surface area contributed by atoms with Crippen LogP contribution in [-0.4, -0.2) is 51.0 Å². The van der Waals surface area contributed by atoms with Gasteiger partial charge in [-0.05, 0) is 35.2 Å². The molecule has 0 N–H and O–H groups in total. The fraction of sp³-hybridized carbons (Fsp3) is 0.375. The Balaban J connectivity index is 1.43. The summed E-state index contributed by atoms with van der Waals surface area (Å²) in [5, 5.41) is 2.94. The first-order chi connectivity index (χ1) is 15.2. The maximum atomic E-state index is 13.1. The Bertz CT molecular complexity index is 1170. The highest BCUT2D eigenvalue weighted by Crippen LogP contribution is 2.31. The second-order valence-corrected chi connectivity index (χ2v) is 11.7. The molecule has 1 aromatic heterocycles. The number of anilines is 1. The van der Waals surface area contributed by atoms with Gasteiger partial charge in [0.05, 0.1) is 17.7 Å². The Labute approximate surface area is 194 Å². The molecule has 3 aromatic rings. The molecule has 2 heterocycles. The van der Waals surface area contributed by atoms with Crippen molar-refractivity contribution in [2.45, 2.75) is 31.1 Å². The van der Waals surface area contributed by atoms with Crippen molar-refractivity contribution in [2.24, 2.45) is 0 Å². The Hall–Kier alpha value is -2.42. The van der Waals surface area contributed by atoms with Gasteiger partial charge in [-0.2, -0.15) is 4.31 Å². The molecule has 6 nitrogen and oxygen atoms in total. The van der Waals surface area contributed by atoms with Gasteiger partial charge in [-0.15, -0.1) is 11.3 Å². The van der Waals surface area contributed by atoms with Crippen molar-refractivity contribution in [3.05, 3.63) is 59.5 Å². The number of hydrogen-bond donors (Lipinski definition) is 0. The number of sulfonamides is 1. The van der Waals surface area contributed by atoms with Gasteiger partial charge in [0.25, 0.3) is 0 Å². The van der Waals surface area contributed by atoms with E-state index in [9.17, 15) is 8.42 Å². The molecule has 4 rings (SSSR count). The SMILES string of the molecule is COc1cccc(-c2csc(N3CCN(S(=O)(=O)c4ccc(C(C)(C)C)cc4)CC3)n2)c1. The third-order valence-corrected chi connectivity index (χ3v) is 8.54. The number of piperazine rings is 1. The summed E-state index contributed by atoms with van der Waals surface area (Å²) >= 11 is 1.58. The van der Waals surface area contributed by atoms with Crippen molar-refractivity contribution in [1.29, 1.82) is 0 Å². The molecule has 170 valence electrons. The molecule has 0 aliphatic carbocycles. The van der Waals surface area contributed by atoms with Crippen LogP contribution in [0, 0.1) is 0 Å². The second-order valence-electron chi connectivity index (χ2n) is 8.91. The Morgan fingerprint density at radius 2 is 1.69 bits per heavy atom. The first kappa shape index (κ1) is 22.8. The summed E-state index contributed by atoms with van der Waals surface area (Å²) in [6.45, 7) is 8.47. The predicted molar refractivity (Wildman–Crippen MR) is 130 cm³/mol. The topological polar surface area (TPSA) is 62.7 Å². The zero-order valence-corrected chi connectivity index (χ0v) is 20.5. The fourth-order valence-electron chi connectivity index (χ4n) is 3.72. The van der Waals surface area contributed by atoms with Gasteiger partial charge in [-0.3, -0.25) is 0 Å². The first-order valence-corrected chi connectivity index (χ1v) is 13.0. The van der Waals surface area contributed by atoms with E-state index in [0.717, 1.165) is 27.7 Å². The minimum absolute atomic E-state index is 0.00857. The van der Waals surface area contributed by atoms with Crippen LogP contribution in [0.2, 0.25) is 0 Å². The normalized spacial score (nSPS) is 15.7. The average molecular weight is 472 g/mol. The Morgan fingerprint density at radius 3 is 2.31 bits per heavy atom. The van der Waals surface area contributed by atoms with E-state index in [1.54, 1.807) is 34.9 Å². The lowest BCUT2D eigenvalue weighted by Crippen LogP contribution is -2.48. The number of rotatable bonds is 5. The van der Waals surface area contributed by atoms with Crippen LogP contribution in [0.5, 0.6) is 5.75 Å². The molecule has 1 saturated heterocycles. The first-order valence-electron chi connectivity index (χ1n) is 10.6. The van der Waals surface area contributed by atoms with Gasteiger partial charge < -0.3 is 9.64 Å². The summed E-state index contributed by atoms with van der Waals surface area (Å²) in [5.41, 5.74) is 3.02. The van der Waals surface area contributed by atoms with Crippen molar-refractivity contribution in [3.8, 4) is 17.0 Å². The highest BCUT2D eigenvalue weighted by molar-refractivity contribution is 7.89. The van der Waals surface area contributed by atoms with Gasteiger partial charge in [-0.25, -0.2) is 13.4 Å². The van der Waals surface area contributed by atoms with E-state index in [-0.39, 0.29) is 5.41 Å². The fourth-order valence-corrected chi connectivity index (χ4v) is 6.03. The minimum atomic E-state index is -3.50. The average Bonchev–Trinajstić information content (AvgIpc) is 3.29. The Morgan fingerprint density at radius 1 is 1.00 bits per heavy atom. The molecule has 0 spiro atoms. The number of aromatic nitrogens is 1. The van der Waals surface area contributed by atoms with Gasteiger partial charge in [0.1, 0.15) is 5.75 Å². The van der Waals surface area contributed by atoms with E-state index in [1.807, 2.05) is 41.8 Å². The highest BCUT2D eigenvalue weighted by atomic mass is 32.2. The van der Waals surface area contributed by atoms with Crippen LogP contribution in [0.4, 0.5) is 5.13 Å². The lowest BCUT2D eigenvalue weighted by atomic mass is 9.87. The maximum Gasteiger partial charge on any atom is 0.243 e. The van der Waals surface area contributed by atoms with E-state index in [2.05, 4.69) is 25.7 Å². The van der Waals surface area contributed by atoms with Crippen LogP contribution in [0.15, 0.2) is 58.8 Å². The summed E-state index contributed by atoms with van der Waals surface area (Å²) in [5.74, 6) is 0.798. The van der Waals surface area contributed by atoms with E-state index in [1.165, 1.54) is 0 Å². The van der Waals surface area contributed by atoms with Crippen LogP contribution >= 0.6 is 11.3 Å². The number of ether oxygens (including phenoxy) is 1. The maximum absolute atomic E-state index is 13.1. The molecule has 0 atom stereocenters. The number of nitrogens with zero attached hydrogens (tertiary/aromatic N) is 3. The summed E-state index contributed by atoms with van der Waals surface area (Å²) in [7, 11) is -1.85. The monoisotopic (exact) mass is 471 g/mol. The van der Waals surface area contributed by atoms with Crippen molar-refractivity contribution >= 4 is 26.5 Å². The molecule has 8 heteroatoms. The molecule has 0 radical (unpaired) electrons. The van der Waals surface area contributed by atoms with Crippen molar-refractivity contribution in [1.82, 2.24) is 9.29 Å². The third-order valence-electron chi connectivity index (χ3n) is 5.72. The molecule has 1 aliphatic heterocycles. The summed E-state index contributed by atoms with van der Waals surface area (Å²) in [4.78, 5) is 7.29. The summed E-state index contributed by atoms with van der Waals surface area (Å²) < 4.78 is 33.1. The number of methoxy groups -OCH3 is 1. The standard InChI is InChI=1S/C24H29N3O3S2/c1-24(2,3)19-8-10-21(11-9-19)32(28,29)27-14-12-26(13-15-27)23-25-22(17-31-23)18-6-5-7-20(16-18)30-4/h5-11,16-17H,12-15H2,1-4H3. The molecule has 0 unspecified atom stereocenters. The molecule has 0 amide bonds. The zero-order valence-electron chi connectivity index (χ0n) is 18.9. The smallest absolute Gasteiger partial charge is 0.243 e. The molecule has 2 aromatic carbocycles. The highest BCUT2D eigenvalue weighted by Gasteiger charge is 2.29. The van der Waals surface area contributed by atoms with E-state index in [4.69, 9.17) is 9.72 Å². The van der Waals surface area contributed by atoms with Crippen molar-refractivity contribution in [2.75, 3.05) is 38.2 Å². The molecule has 0 saturated carbocycles. The number of hydrogen-bond acceptors (Lipinski definition) is 6. The van der Waals surface area contributed by atoms with E-state index in [0.29, 0.717) is 31.1 Å². The molecule has 1 fully saturated rings. The minimum Gasteiger partial charge on any atom is -0.497 e. The van der Waals surface area contributed by atoms with Crippen molar-refractivity contribution < 1.29 is 13.2 Å². The number of thiazole rings is 1. The van der Waals surface area contributed by atoms with Gasteiger partial charge >= 0.3 is 0 Å². The summed E-state index contributed by atoms with van der Waals surface area (Å²) in [6.07, 6.45) is 0. The molecule has 32 heavy (non-hydrogen) atoms. The summed E-state index contributed by atoms with van der Waals surface area (Å²) in [6, 6.07) is 15.1. The quantitative estimate of drug-likeness (QED) is 0.543. The van der Waals surface area contributed by atoms with Crippen LogP contribution < -0.4 is 9.64 Å². The lowest BCUT2D eigenvalue weighted by molar-refractivity contribution is 0.384. The lowest BCUT2D eigenvalue weighted by Gasteiger charge is -2.33. The van der Waals surface area contributed by atoms with Crippen molar-refractivity contribution in [3.63, 3.8) is 0 Å². The van der Waals surface area contributed by atoms with Crippen LogP contribution in [0.1, 0.15) is 26.3 Å². The van der Waals surface area contributed by atoms with Gasteiger partial charge in [0, 0.05) is 37.1 Å². The number of benzene rings is 2. The van der Waals surface area contributed by atoms with Gasteiger partial charge in [0.15, 0.2) is 5.13 Å². The van der Waals surface area contributed by atoms with Crippen LogP contribution in [-0.2, 0) is 15.4 Å². The molecule has 0 bridgehead atoms. The van der Waals surface area contributed by atoms with Crippen LogP contribution in [0.3, 0.4) is 0 Å². The van der Waals surface area contributed by atoms with Gasteiger partial charge in [0.2, 0.25) is 10.0 Å². The van der Waals surface area contributed by atoms with E-state index < -0.39 is 10.0 Å². The second kappa shape index (κ2) is 8.84. The van der Waals surface area contributed by atoms with Gasteiger partial charge in [-0.1, -0.05) is 45.0 Å². The molecular weight excluding hydrogens is 442 g/mol. The molecular formula is C24H29N3O3S2.